The van der Waals surface area contributed by atoms with Crippen LogP contribution in [0.15, 0.2) is 48.9 Å². The highest BCUT2D eigenvalue weighted by Gasteiger charge is 2.27. The van der Waals surface area contributed by atoms with Gasteiger partial charge in [0.05, 0.1) is 23.6 Å². The van der Waals surface area contributed by atoms with Gasteiger partial charge in [0.25, 0.3) is 0 Å². The Morgan fingerprint density at radius 2 is 2.08 bits per heavy atom. The topological polar surface area (TPSA) is 63.8 Å². The Balaban J connectivity index is 0.00000182. The van der Waals surface area contributed by atoms with Gasteiger partial charge < -0.3 is 9.88 Å². The monoisotopic (exact) mass is 359 g/mol. The molecule has 1 N–H and O–H groups in total. The maximum absolute atomic E-state index is 4.63. The van der Waals surface area contributed by atoms with Crippen molar-refractivity contribution in [2.45, 2.75) is 12.6 Å². The van der Waals surface area contributed by atoms with Gasteiger partial charge in [-0.05, 0) is 12.1 Å². The fourth-order valence-electron chi connectivity index (χ4n) is 3.15. The second-order valence-corrected chi connectivity index (χ2v) is 6.05. The van der Waals surface area contributed by atoms with Crippen LogP contribution in [-0.2, 0) is 13.6 Å². The number of aromatic nitrogens is 5. The fourth-order valence-corrected chi connectivity index (χ4v) is 3.15. The second kappa shape index (κ2) is 7.77. The van der Waals surface area contributed by atoms with Crippen molar-refractivity contribution in [3.05, 3.63) is 60.4 Å². The van der Waals surface area contributed by atoms with Crippen molar-refractivity contribution >= 4 is 12.4 Å². The van der Waals surface area contributed by atoms with Crippen molar-refractivity contribution in [1.82, 2.24) is 34.8 Å². The van der Waals surface area contributed by atoms with Gasteiger partial charge in [0.1, 0.15) is 5.82 Å². The van der Waals surface area contributed by atoms with Crippen LogP contribution in [-0.4, -0.2) is 49.1 Å². The average Bonchev–Trinajstić information content (AvgIpc) is 3.25. The van der Waals surface area contributed by atoms with E-state index < -0.39 is 0 Å². The Labute approximate surface area is 153 Å². The summed E-state index contributed by atoms with van der Waals surface area (Å²) in [6.07, 6.45) is 5.70. The molecular weight excluding hydrogens is 338 g/mol. The number of nitrogens with one attached hydrogen (secondary N) is 1. The molecule has 1 saturated heterocycles. The molecule has 1 atom stereocenters. The van der Waals surface area contributed by atoms with Crippen molar-refractivity contribution < 1.29 is 0 Å². The first-order valence-corrected chi connectivity index (χ1v) is 8.20. The third kappa shape index (κ3) is 3.73. The Hall–Kier alpha value is -2.22. The minimum Gasteiger partial charge on any atom is -0.337 e. The van der Waals surface area contributed by atoms with Gasteiger partial charge in [-0.3, -0.25) is 4.90 Å². The van der Waals surface area contributed by atoms with E-state index in [1.54, 1.807) is 4.80 Å². The average molecular weight is 360 g/mol. The Morgan fingerprint density at radius 1 is 1.24 bits per heavy atom. The highest BCUT2D eigenvalue weighted by molar-refractivity contribution is 5.85. The molecule has 1 aliphatic heterocycles. The Kier molecular flexibility index (Phi) is 5.47. The van der Waals surface area contributed by atoms with Crippen molar-refractivity contribution in [2.24, 2.45) is 7.05 Å². The molecule has 25 heavy (non-hydrogen) atoms. The molecule has 2 aromatic heterocycles. The molecule has 1 aliphatic rings. The zero-order valence-electron chi connectivity index (χ0n) is 14.1. The molecule has 0 aliphatic carbocycles. The SMILES string of the molecule is Cl.Cn1ccnc1C1CNCCN1Cc1cnn(-c2ccccc2)n1. The third-order valence-electron chi connectivity index (χ3n) is 4.40. The van der Waals surface area contributed by atoms with Crippen LogP contribution < -0.4 is 5.32 Å². The van der Waals surface area contributed by atoms with E-state index in [4.69, 9.17) is 0 Å². The number of para-hydroxylation sites is 1. The highest BCUT2D eigenvalue weighted by Crippen LogP contribution is 2.22. The van der Waals surface area contributed by atoms with Gasteiger partial charge in [-0.25, -0.2) is 4.98 Å². The lowest BCUT2D eigenvalue weighted by molar-refractivity contribution is 0.143. The van der Waals surface area contributed by atoms with E-state index in [0.29, 0.717) is 0 Å². The second-order valence-electron chi connectivity index (χ2n) is 6.05. The predicted octanol–water partition coefficient (Wildman–Crippen LogP) is 1.57. The first-order valence-electron chi connectivity index (χ1n) is 8.20. The maximum atomic E-state index is 4.63. The van der Waals surface area contributed by atoms with Crippen LogP contribution in [0.1, 0.15) is 17.6 Å². The largest absolute Gasteiger partial charge is 0.337 e. The van der Waals surface area contributed by atoms with Crippen molar-refractivity contribution in [1.29, 1.82) is 0 Å². The van der Waals surface area contributed by atoms with Crippen LogP contribution in [0.3, 0.4) is 0 Å². The van der Waals surface area contributed by atoms with Crippen molar-refractivity contribution in [3.63, 3.8) is 0 Å². The number of aryl methyl sites for hydroxylation is 1. The molecule has 132 valence electrons. The van der Waals surface area contributed by atoms with Gasteiger partial charge in [-0.15, -0.1) is 12.4 Å². The van der Waals surface area contributed by atoms with Gasteiger partial charge >= 0.3 is 0 Å². The summed E-state index contributed by atoms with van der Waals surface area (Å²) in [4.78, 5) is 8.63. The zero-order chi connectivity index (χ0) is 16.4. The van der Waals surface area contributed by atoms with Gasteiger partial charge in [0, 0.05) is 45.6 Å². The molecule has 1 fully saturated rings. The van der Waals surface area contributed by atoms with Gasteiger partial charge in [0.15, 0.2) is 0 Å². The van der Waals surface area contributed by atoms with E-state index in [2.05, 4.69) is 30.0 Å². The highest BCUT2D eigenvalue weighted by atomic mass is 35.5. The molecule has 0 bridgehead atoms. The number of piperazine rings is 1. The first kappa shape index (κ1) is 17.6. The third-order valence-corrected chi connectivity index (χ3v) is 4.40. The number of rotatable bonds is 4. The molecule has 0 spiro atoms. The lowest BCUT2D eigenvalue weighted by atomic mass is 10.1. The summed E-state index contributed by atoms with van der Waals surface area (Å²) in [5.41, 5.74) is 1.95. The minimum atomic E-state index is 0. The quantitative estimate of drug-likeness (QED) is 0.766. The number of hydrogen-bond donors (Lipinski definition) is 1. The number of hydrogen-bond acceptors (Lipinski definition) is 5. The molecule has 7 nitrogen and oxygen atoms in total. The molecule has 1 unspecified atom stereocenters. The number of imidazole rings is 1. The maximum Gasteiger partial charge on any atom is 0.127 e. The van der Waals surface area contributed by atoms with Crippen LogP contribution in [0.5, 0.6) is 0 Å². The summed E-state index contributed by atoms with van der Waals surface area (Å²) in [5, 5.41) is 12.5. The van der Waals surface area contributed by atoms with Crippen LogP contribution in [0, 0.1) is 0 Å². The lowest BCUT2D eigenvalue weighted by Crippen LogP contribution is -2.46. The summed E-state index contributed by atoms with van der Waals surface area (Å²) < 4.78 is 2.09. The minimum absolute atomic E-state index is 0. The predicted molar refractivity (Wildman–Crippen MR) is 97.8 cm³/mol. The smallest absolute Gasteiger partial charge is 0.127 e. The summed E-state index contributed by atoms with van der Waals surface area (Å²) >= 11 is 0. The van der Waals surface area contributed by atoms with Crippen molar-refractivity contribution in [2.75, 3.05) is 19.6 Å². The summed E-state index contributed by atoms with van der Waals surface area (Å²) in [5.74, 6) is 1.08. The standard InChI is InChI=1S/C17H21N7.ClH/c1-22-9-8-19-17(22)16-12-18-7-10-23(16)13-14-11-20-24(21-14)15-5-3-2-4-6-15;/h2-6,8-9,11,16,18H,7,10,12-13H2,1H3;1H. The molecule has 1 aromatic carbocycles. The molecule has 0 amide bonds. The Bertz CT molecular complexity index is 798. The molecule has 3 heterocycles. The molecule has 3 aromatic rings. The summed E-state index contributed by atoms with van der Waals surface area (Å²) in [6, 6.07) is 10.2. The molecule has 0 radical (unpaired) electrons. The van der Waals surface area contributed by atoms with E-state index in [1.807, 2.05) is 56.0 Å². The molecule has 8 heteroatoms. The van der Waals surface area contributed by atoms with Crippen LogP contribution in [0.2, 0.25) is 0 Å². The normalized spacial score (nSPS) is 18.0. The van der Waals surface area contributed by atoms with Crippen LogP contribution >= 0.6 is 12.4 Å². The molecule has 0 saturated carbocycles. The van der Waals surface area contributed by atoms with E-state index in [0.717, 1.165) is 43.4 Å². The van der Waals surface area contributed by atoms with Crippen molar-refractivity contribution in [3.8, 4) is 5.69 Å². The summed E-state index contributed by atoms with van der Waals surface area (Å²) in [6.45, 7) is 3.62. The van der Waals surface area contributed by atoms with Crippen LogP contribution in [0.4, 0.5) is 0 Å². The first-order chi connectivity index (χ1) is 11.8. The summed E-state index contributed by atoms with van der Waals surface area (Å²) in [7, 11) is 2.04. The lowest BCUT2D eigenvalue weighted by Gasteiger charge is -2.35. The Morgan fingerprint density at radius 3 is 2.84 bits per heavy atom. The number of halogens is 1. The van der Waals surface area contributed by atoms with E-state index in [1.165, 1.54) is 0 Å². The number of benzene rings is 1. The number of nitrogens with zero attached hydrogens (tertiary/aromatic N) is 6. The van der Waals surface area contributed by atoms with Gasteiger partial charge in [0.2, 0.25) is 0 Å². The molecule has 4 rings (SSSR count). The molecular formula is C17H22ClN7. The van der Waals surface area contributed by atoms with Gasteiger partial charge in [-0.2, -0.15) is 15.0 Å². The van der Waals surface area contributed by atoms with Gasteiger partial charge in [-0.1, -0.05) is 18.2 Å². The van der Waals surface area contributed by atoms with Crippen LogP contribution in [0.25, 0.3) is 5.69 Å². The zero-order valence-corrected chi connectivity index (χ0v) is 14.9. The van der Waals surface area contributed by atoms with E-state index in [9.17, 15) is 0 Å². The van der Waals surface area contributed by atoms with E-state index in [-0.39, 0.29) is 18.4 Å². The fraction of sp³-hybridized carbons (Fsp3) is 0.353. The van der Waals surface area contributed by atoms with E-state index >= 15 is 0 Å².